The van der Waals surface area contributed by atoms with Crippen molar-refractivity contribution >= 4 is 31.6 Å². The summed E-state index contributed by atoms with van der Waals surface area (Å²) >= 11 is 3.36. The van der Waals surface area contributed by atoms with E-state index in [1.807, 2.05) is 18.2 Å². The molecule has 0 saturated carbocycles. The summed E-state index contributed by atoms with van der Waals surface area (Å²) in [4.78, 5) is -0.0421. The van der Waals surface area contributed by atoms with E-state index in [0.717, 1.165) is 4.47 Å². The first-order chi connectivity index (χ1) is 9.29. The average molecular weight is 357 g/mol. The lowest BCUT2D eigenvalue weighted by Crippen LogP contribution is -2.14. The number of para-hydroxylation sites is 1. The molecule has 0 aliphatic rings. The maximum Gasteiger partial charge on any atom is 0.238 e. The monoisotopic (exact) mass is 356 g/mol. The Morgan fingerprint density at radius 2 is 1.80 bits per heavy atom. The van der Waals surface area contributed by atoms with Gasteiger partial charge in [-0.3, -0.25) is 0 Å². The van der Waals surface area contributed by atoms with Gasteiger partial charge in [0.15, 0.2) is 0 Å². The molecule has 106 valence electrons. The van der Waals surface area contributed by atoms with E-state index in [-0.39, 0.29) is 10.6 Å². The van der Waals surface area contributed by atoms with Gasteiger partial charge in [-0.05, 0) is 41.1 Å². The van der Waals surface area contributed by atoms with Crippen LogP contribution < -0.4 is 15.6 Å². The minimum Gasteiger partial charge on any atom is -0.456 e. The first kappa shape index (κ1) is 14.8. The van der Waals surface area contributed by atoms with E-state index >= 15 is 0 Å². The molecule has 2 aromatic carbocycles. The van der Waals surface area contributed by atoms with Crippen molar-refractivity contribution < 1.29 is 13.2 Å². The fourth-order valence-electron chi connectivity index (χ4n) is 1.73. The van der Waals surface area contributed by atoms with Crippen LogP contribution in [0, 0.1) is 6.92 Å². The fourth-order valence-corrected chi connectivity index (χ4v) is 2.92. The number of halogens is 1. The van der Waals surface area contributed by atoms with Crippen LogP contribution in [0.2, 0.25) is 0 Å². The van der Waals surface area contributed by atoms with E-state index in [0.29, 0.717) is 17.1 Å². The number of sulfonamides is 1. The van der Waals surface area contributed by atoms with Crippen LogP contribution in [0.5, 0.6) is 11.5 Å². The molecule has 5 nitrogen and oxygen atoms in total. The first-order valence-corrected chi connectivity index (χ1v) is 7.98. The normalized spacial score (nSPS) is 11.3. The maximum absolute atomic E-state index is 11.5. The minimum absolute atomic E-state index is 0.0421. The van der Waals surface area contributed by atoms with Crippen LogP contribution in [0.15, 0.2) is 45.8 Å². The largest absolute Gasteiger partial charge is 0.456 e. The molecular weight excluding hydrogens is 344 g/mol. The van der Waals surface area contributed by atoms with Crippen molar-refractivity contribution in [3.8, 4) is 11.5 Å². The summed E-state index contributed by atoms with van der Waals surface area (Å²) in [5, 5.41) is 5.17. The van der Waals surface area contributed by atoms with Crippen molar-refractivity contribution in [3.63, 3.8) is 0 Å². The Labute approximate surface area is 125 Å². The van der Waals surface area contributed by atoms with Gasteiger partial charge in [0.05, 0.1) is 9.37 Å². The highest BCUT2D eigenvalue weighted by Gasteiger charge is 2.17. The van der Waals surface area contributed by atoms with E-state index < -0.39 is 10.0 Å². The molecular formula is C13H13BrN2O3S. The number of ether oxygens (including phenoxy) is 1. The van der Waals surface area contributed by atoms with Gasteiger partial charge >= 0.3 is 0 Å². The predicted octanol–water partition coefficient (Wildman–Crippen LogP) is 2.78. The molecule has 0 atom stereocenters. The van der Waals surface area contributed by atoms with Gasteiger partial charge in [0.25, 0.3) is 0 Å². The quantitative estimate of drug-likeness (QED) is 0.826. The van der Waals surface area contributed by atoms with Gasteiger partial charge in [-0.25, -0.2) is 13.6 Å². The highest BCUT2D eigenvalue weighted by molar-refractivity contribution is 9.10. The number of anilines is 1. The summed E-state index contributed by atoms with van der Waals surface area (Å²) in [6, 6.07) is 10.1. The summed E-state index contributed by atoms with van der Waals surface area (Å²) in [7, 11) is -3.85. The van der Waals surface area contributed by atoms with Crippen molar-refractivity contribution in [1.29, 1.82) is 0 Å². The molecule has 0 fully saturated rings. The van der Waals surface area contributed by atoms with Gasteiger partial charge < -0.3 is 10.5 Å². The van der Waals surface area contributed by atoms with Gasteiger partial charge in [0.2, 0.25) is 10.0 Å². The van der Waals surface area contributed by atoms with Crippen molar-refractivity contribution in [2.24, 2.45) is 5.14 Å². The fraction of sp³-hybridized carbons (Fsp3) is 0.0769. The van der Waals surface area contributed by atoms with E-state index in [1.54, 1.807) is 19.1 Å². The van der Waals surface area contributed by atoms with E-state index in [9.17, 15) is 8.42 Å². The van der Waals surface area contributed by atoms with Crippen LogP contribution in [-0.2, 0) is 10.0 Å². The number of nitrogen functional groups attached to an aromatic ring is 1. The summed E-state index contributed by atoms with van der Waals surface area (Å²) in [6.07, 6.45) is 0. The van der Waals surface area contributed by atoms with Crippen molar-refractivity contribution in [3.05, 3.63) is 46.4 Å². The third kappa shape index (κ3) is 3.12. The number of rotatable bonds is 3. The van der Waals surface area contributed by atoms with Crippen LogP contribution in [0.1, 0.15) is 5.56 Å². The highest BCUT2D eigenvalue weighted by Crippen LogP contribution is 2.34. The molecule has 7 heteroatoms. The molecule has 2 aromatic rings. The van der Waals surface area contributed by atoms with Crippen LogP contribution in [-0.4, -0.2) is 8.42 Å². The zero-order valence-corrected chi connectivity index (χ0v) is 13.0. The number of primary sulfonamides is 1. The summed E-state index contributed by atoms with van der Waals surface area (Å²) in [5.41, 5.74) is 6.38. The first-order valence-electron chi connectivity index (χ1n) is 5.64. The molecule has 0 bridgehead atoms. The molecule has 0 saturated heterocycles. The number of benzene rings is 2. The Morgan fingerprint density at radius 3 is 2.40 bits per heavy atom. The van der Waals surface area contributed by atoms with Gasteiger partial charge in [-0.1, -0.05) is 12.1 Å². The lowest BCUT2D eigenvalue weighted by Gasteiger charge is -2.13. The number of hydrogen-bond acceptors (Lipinski definition) is 4. The second-order valence-corrected chi connectivity index (χ2v) is 6.60. The van der Waals surface area contributed by atoms with Crippen molar-refractivity contribution in [2.75, 3.05) is 5.73 Å². The van der Waals surface area contributed by atoms with Crippen molar-refractivity contribution in [2.45, 2.75) is 11.8 Å². The van der Waals surface area contributed by atoms with Gasteiger partial charge in [0, 0.05) is 17.3 Å². The molecule has 0 radical (unpaired) electrons. The Kier molecular flexibility index (Phi) is 4.03. The molecule has 20 heavy (non-hydrogen) atoms. The molecule has 0 amide bonds. The minimum atomic E-state index is -3.85. The second-order valence-electron chi connectivity index (χ2n) is 4.22. The zero-order valence-electron chi connectivity index (χ0n) is 10.6. The molecule has 0 aromatic heterocycles. The molecule has 4 N–H and O–H groups in total. The third-order valence-corrected chi connectivity index (χ3v) is 4.39. The Bertz CT molecular complexity index is 760. The molecule has 0 aliphatic heterocycles. The predicted molar refractivity (Wildman–Crippen MR) is 81.2 cm³/mol. The lowest BCUT2D eigenvalue weighted by molar-refractivity contribution is 0.474. The standard InChI is InChI=1S/C13H13BrN2O3S/c1-8-12(19-11-5-3-2-4-10(11)14)6-9(15)7-13(8)20(16,17)18/h2-7H,15H2,1H3,(H2,16,17,18). The van der Waals surface area contributed by atoms with E-state index in [1.165, 1.54) is 6.07 Å². The molecule has 2 rings (SSSR count). The van der Waals surface area contributed by atoms with Gasteiger partial charge in [-0.2, -0.15) is 0 Å². The van der Waals surface area contributed by atoms with Crippen LogP contribution in [0.25, 0.3) is 0 Å². The van der Waals surface area contributed by atoms with Gasteiger partial charge in [-0.15, -0.1) is 0 Å². The summed E-state index contributed by atoms with van der Waals surface area (Å²) in [6.45, 7) is 1.62. The van der Waals surface area contributed by atoms with Crippen molar-refractivity contribution in [1.82, 2.24) is 0 Å². The topological polar surface area (TPSA) is 95.4 Å². The third-order valence-electron chi connectivity index (χ3n) is 2.70. The Balaban J connectivity index is 2.54. The van der Waals surface area contributed by atoms with Gasteiger partial charge in [0.1, 0.15) is 11.5 Å². The zero-order chi connectivity index (χ0) is 14.9. The maximum atomic E-state index is 11.5. The van der Waals surface area contributed by atoms with Crippen LogP contribution >= 0.6 is 15.9 Å². The Hall–Kier alpha value is -1.57. The SMILES string of the molecule is Cc1c(Oc2ccccc2Br)cc(N)cc1S(N)(=O)=O. The average Bonchev–Trinajstić information content (AvgIpc) is 2.34. The Morgan fingerprint density at radius 1 is 1.15 bits per heavy atom. The highest BCUT2D eigenvalue weighted by atomic mass is 79.9. The van der Waals surface area contributed by atoms with E-state index in [4.69, 9.17) is 15.6 Å². The summed E-state index contributed by atoms with van der Waals surface area (Å²) in [5.74, 6) is 0.905. The molecule has 0 aliphatic carbocycles. The molecule has 0 spiro atoms. The molecule has 0 unspecified atom stereocenters. The number of nitrogens with two attached hydrogens (primary N) is 2. The molecule has 0 heterocycles. The van der Waals surface area contributed by atoms with Crippen LogP contribution in [0.3, 0.4) is 0 Å². The summed E-state index contributed by atoms with van der Waals surface area (Å²) < 4.78 is 29.5. The lowest BCUT2D eigenvalue weighted by atomic mass is 10.2. The smallest absolute Gasteiger partial charge is 0.238 e. The van der Waals surface area contributed by atoms with Crippen LogP contribution in [0.4, 0.5) is 5.69 Å². The second kappa shape index (κ2) is 5.43. The van der Waals surface area contributed by atoms with E-state index in [2.05, 4.69) is 15.9 Å². The number of hydrogen-bond donors (Lipinski definition) is 2.